The molecule has 1 aliphatic heterocycles. The van der Waals surface area contributed by atoms with E-state index in [-0.39, 0.29) is 40.4 Å². The molecule has 1 saturated heterocycles. The van der Waals surface area contributed by atoms with Crippen molar-refractivity contribution in [3.63, 3.8) is 0 Å². The number of amidine groups is 1. The number of likely N-dealkylation sites (tertiary alicyclic amines) is 1. The molecule has 1 aromatic heterocycles. The van der Waals surface area contributed by atoms with E-state index in [0.29, 0.717) is 18.3 Å². The Labute approximate surface area is 197 Å². The maximum atomic E-state index is 15.0. The van der Waals surface area contributed by atoms with Gasteiger partial charge in [-0.05, 0) is 55.3 Å². The molecule has 1 spiro atoms. The van der Waals surface area contributed by atoms with Crippen molar-refractivity contribution in [1.29, 1.82) is 0 Å². The van der Waals surface area contributed by atoms with Crippen LogP contribution in [-0.4, -0.2) is 58.7 Å². The zero-order valence-corrected chi connectivity index (χ0v) is 19.5. The molecule has 176 valence electrons. The van der Waals surface area contributed by atoms with Crippen LogP contribution in [0.1, 0.15) is 41.3 Å². The number of hydrogen-bond donors (Lipinski definition) is 0. The minimum atomic E-state index is -0.616. The lowest BCUT2D eigenvalue weighted by atomic mass is 9.73. The molecule has 2 saturated carbocycles. The zero-order valence-electron chi connectivity index (χ0n) is 19.5. The highest BCUT2D eigenvalue weighted by Gasteiger charge is 2.76. The number of carbonyl (C=O) groups excluding carboxylic acids is 1. The number of rotatable bonds is 5. The molecular formula is C26H27F2N4O2+. The number of amides is 1. The van der Waals surface area contributed by atoms with E-state index in [0.717, 1.165) is 24.6 Å². The Bertz CT molecular complexity index is 1240. The van der Waals surface area contributed by atoms with Crippen LogP contribution in [-0.2, 0) is 0 Å². The summed E-state index contributed by atoms with van der Waals surface area (Å²) in [4.78, 5) is 24.0. The number of nitrogens with zero attached hydrogens (tertiary/aromatic N) is 4. The molecular weight excluding hydrogens is 438 g/mol. The van der Waals surface area contributed by atoms with Crippen molar-refractivity contribution < 1.29 is 22.9 Å². The van der Waals surface area contributed by atoms with E-state index >= 15 is 4.39 Å². The molecule has 2 heterocycles. The summed E-state index contributed by atoms with van der Waals surface area (Å²) in [5.41, 5.74) is 1.32. The summed E-state index contributed by atoms with van der Waals surface area (Å²) in [6.45, 7) is 7.60. The second-order valence-corrected chi connectivity index (χ2v) is 9.60. The molecule has 2 aliphatic carbocycles. The predicted octanol–water partition coefficient (Wildman–Crippen LogP) is 4.13. The summed E-state index contributed by atoms with van der Waals surface area (Å²) in [6.07, 6.45) is 4.54. The predicted molar refractivity (Wildman–Crippen MR) is 124 cm³/mol. The Balaban J connectivity index is 1.47. The van der Waals surface area contributed by atoms with Crippen molar-refractivity contribution in [2.45, 2.75) is 38.8 Å². The highest BCUT2D eigenvalue weighted by atomic mass is 19.1. The molecule has 2 aromatic rings. The standard InChI is InChI=1S/C26H27F2N4O2/c1-15-8-9-21(29-12-15)34-20-11-26-10-17(26)14-32(23(20)26)25(33)18-6-5-7-19(28)22(18)24(31(3)4)30-13-16(2)27/h5-9,12-13,17,20,23H,3,10-11,14H2,1-2,4H3/q+1/b16-13+,30-24-. The molecule has 4 atom stereocenters. The Morgan fingerprint density at radius 3 is 2.82 bits per heavy atom. The fraction of sp³-hybridized carbons (Fsp3) is 0.385. The van der Waals surface area contributed by atoms with Crippen molar-refractivity contribution in [2.75, 3.05) is 13.6 Å². The third-order valence-corrected chi connectivity index (χ3v) is 7.17. The number of piperidine rings is 1. The van der Waals surface area contributed by atoms with E-state index < -0.39 is 11.6 Å². The van der Waals surface area contributed by atoms with E-state index in [1.807, 2.05) is 24.0 Å². The van der Waals surface area contributed by atoms with Gasteiger partial charge >= 0.3 is 5.84 Å². The molecule has 4 unspecified atom stereocenters. The van der Waals surface area contributed by atoms with Gasteiger partial charge in [-0.25, -0.2) is 18.3 Å². The SMILES string of the molecule is C=[N+](C)/C(=N\C=C(/C)F)c1c(F)cccc1C(=O)N1CC2CC23CC(Oc2ccc(C)cn2)C13. The van der Waals surface area contributed by atoms with Gasteiger partial charge < -0.3 is 9.64 Å². The number of benzene rings is 1. The number of ether oxygens (including phenoxy) is 1. The smallest absolute Gasteiger partial charge is 0.333 e. The summed E-state index contributed by atoms with van der Waals surface area (Å²) < 4.78 is 35.9. The zero-order chi connectivity index (χ0) is 24.2. The van der Waals surface area contributed by atoms with Crippen molar-refractivity contribution in [3.05, 3.63) is 71.1 Å². The second-order valence-electron chi connectivity index (χ2n) is 9.60. The van der Waals surface area contributed by atoms with E-state index in [1.54, 1.807) is 19.3 Å². The van der Waals surface area contributed by atoms with Crippen LogP contribution in [0.15, 0.2) is 53.5 Å². The highest BCUT2D eigenvalue weighted by molar-refractivity contribution is 6.07. The Kier molecular flexibility index (Phi) is 5.34. The Hall–Kier alpha value is -3.42. The van der Waals surface area contributed by atoms with Crippen LogP contribution in [0.2, 0.25) is 0 Å². The fourth-order valence-electron chi connectivity index (χ4n) is 5.52. The first-order chi connectivity index (χ1) is 16.2. The number of halogens is 2. The number of aryl methyl sites for hydroxylation is 1. The Morgan fingerprint density at radius 1 is 1.35 bits per heavy atom. The number of aliphatic imine (C=N–C) groups is 1. The fourth-order valence-corrected chi connectivity index (χ4v) is 5.52. The number of hydrogen-bond acceptors (Lipinski definition) is 4. The van der Waals surface area contributed by atoms with Gasteiger partial charge in [0.1, 0.15) is 23.3 Å². The first kappa shape index (κ1) is 22.4. The van der Waals surface area contributed by atoms with E-state index in [1.165, 1.54) is 23.6 Å². The van der Waals surface area contributed by atoms with Crippen molar-refractivity contribution in [3.8, 4) is 5.88 Å². The monoisotopic (exact) mass is 465 g/mol. The summed E-state index contributed by atoms with van der Waals surface area (Å²) in [5, 5.41) is 0. The normalized spacial score (nSPS) is 27.6. The molecule has 3 aliphatic rings. The van der Waals surface area contributed by atoms with Crippen LogP contribution >= 0.6 is 0 Å². The van der Waals surface area contributed by atoms with Crippen molar-refractivity contribution in [1.82, 2.24) is 9.88 Å². The maximum absolute atomic E-state index is 15.0. The lowest BCUT2D eigenvalue weighted by Crippen LogP contribution is -2.59. The summed E-state index contributed by atoms with van der Waals surface area (Å²) >= 11 is 0. The molecule has 5 rings (SSSR count). The minimum absolute atomic E-state index is 0.00844. The third kappa shape index (κ3) is 3.61. The summed E-state index contributed by atoms with van der Waals surface area (Å²) in [7, 11) is 1.57. The molecule has 0 radical (unpaired) electrons. The largest absolute Gasteiger partial charge is 0.472 e. The van der Waals surface area contributed by atoms with Gasteiger partial charge in [-0.15, -0.1) is 0 Å². The molecule has 8 heteroatoms. The average molecular weight is 466 g/mol. The Morgan fingerprint density at radius 2 is 2.15 bits per heavy atom. The number of carbonyl (C=O) groups is 1. The van der Waals surface area contributed by atoms with E-state index in [4.69, 9.17) is 4.74 Å². The van der Waals surface area contributed by atoms with Crippen LogP contribution in [0.5, 0.6) is 5.88 Å². The quantitative estimate of drug-likeness (QED) is 0.379. The van der Waals surface area contributed by atoms with Crippen molar-refractivity contribution >= 4 is 18.5 Å². The van der Waals surface area contributed by atoms with Crippen LogP contribution in [0.4, 0.5) is 8.78 Å². The minimum Gasteiger partial charge on any atom is -0.472 e. The molecule has 6 nitrogen and oxygen atoms in total. The molecule has 0 bridgehead atoms. The first-order valence-corrected chi connectivity index (χ1v) is 11.3. The van der Waals surface area contributed by atoms with Gasteiger partial charge in [-0.2, -0.15) is 0 Å². The lowest BCUT2D eigenvalue weighted by Gasteiger charge is -2.47. The first-order valence-electron chi connectivity index (χ1n) is 11.3. The third-order valence-electron chi connectivity index (χ3n) is 7.17. The van der Waals surface area contributed by atoms with Gasteiger partial charge in [0.15, 0.2) is 6.20 Å². The van der Waals surface area contributed by atoms with Crippen LogP contribution in [0, 0.1) is 24.1 Å². The molecule has 0 N–H and O–H groups in total. The molecule has 1 amide bonds. The second kappa shape index (κ2) is 8.11. The lowest BCUT2D eigenvalue weighted by molar-refractivity contribution is -0.359. The van der Waals surface area contributed by atoms with Crippen LogP contribution < -0.4 is 4.74 Å². The number of allylic oxidation sites excluding steroid dienone is 1. The summed E-state index contributed by atoms with van der Waals surface area (Å²) in [5.74, 6) is -0.395. The number of pyridine rings is 1. The van der Waals surface area contributed by atoms with Gasteiger partial charge in [-0.3, -0.25) is 4.79 Å². The van der Waals surface area contributed by atoms with Gasteiger partial charge in [0.25, 0.3) is 5.91 Å². The topological polar surface area (TPSA) is 57.8 Å². The highest BCUT2D eigenvalue weighted by Crippen LogP contribution is 2.71. The van der Waals surface area contributed by atoms with Crippen molar-refractivity contribution in [2.24, 2.45) is 16.3 Å². The van der Waals surface area contributed by atoms with E-state index in [9.17, 15) is 9.18 Å². The number of aromatic nitrogens is 1. The van der Waals surface area contributed by atoms with Gasteiger partial charge in [0.2, 0.25) is 5.88 Å². The molecule has 3 fully saturated rings. The van der Waals surface area contributed by atoms with Gasteiger partial charge in [0, 0.05) is 24.2 Å². The average Bonchev–Trinajstić information content (AvgIpc) is 3.43. The summed E-state index contributed by atoms with van der Waals surface area (Å²) in [6, 6.07) is 8.04. The molecule has 1 aromatic carbocycles. The van der Waals surface area contributed by atoms with E-state index in [2.05, 4.69) is 16.7 Å². The van der Waals surface area contributed by atoms with Crippen LogP contribution in [0.3, 0.4) is 0 Å². The maximum Gasteiger partial charge on any atom is 0.333 e. The molecule has 34 heavy (non-hydrogen) atoms. The van der Waals surface area contributed by atoms with Gasteiger partial charge in [0.05, 0.1) is 25.4 Å². The van der Waals surface area contributed by atoms with Crippen LogP contribution in [0.25, 0.3) is 0 Å². The van der Waals surface area contributed by atoms with Gasteiger partial charge in [-0.1, -0.05) is 12.1 Å².